The molecule has 0 aliphatic rings. The van der Waals surface area contributed by atoms with E-state index in [1.165, 1.54) is 36.4 Å². The van der Waals surface area contributed by atoms with Crippen LogP contribution in [0.1, 0.15) is 129 Å². The fourth-order valence-electron chi connectivity index (χ4n) is 8.98. The normalized spacial score (nSPS) is 10.0. The van der Waals surface area contributed by atoms with Gasteiger partial charge in [0.05, 0.1) is 33.4 Å². The van der Waals surface area contributed by atoms with Crippen LogP contribution in [-0.4, -0.2) is 66.5 Å². The highest BCUT2D eigenvalue weighted by Gasteiger charge is 2.14. The van der Waals surface area contributed by atoms with Crippen LogP contribution in [0.2, 0.25) is 0 Å². The lowest BCUT2D eigenvalue weighted by Crippen LogP contribution is -2.03. The summed E-state index contributed by atoms with van der Waals surface area (Å²) in [6, 6.07) is 63.0. The van der Waals surface area contributed by atoms with E-state index in [1.54, 1.807) is 36.4 Å². The van der Waals surface area contributed by atoms with Gasteiger partial charge in [0, 0.05) is 66.8 Å². The molecule has 0 heterocycles. The van der Waals surface area contributed by atoms with Gasteiger partial charge < -0.3 is 30.6 Å². The van der Waals surface area contributed by atoms with Gasteiger partial charge in [-0.3, -0.25) is 0 Å². The van der Waals surface area contributed by atoms with Crippen molar-refractivity contribution in [1.29, 1.82) is 0 Å². The molecule has 10 rings (SSSR count). The fraction of sp³-hybridized carbons (Fsp3) is 0. The van der Waals surface area contributed by atoms with Crippen LogP contribution in [0.5, 0.6) is 0 Å². The molecule has 0 aromatic heterocycles. The van der Waals surface area contributed by atoms with Crippen LogP contribution in [0.3, 0.4) is 0 Å². The molecular formula is C78H42O12. The van der Waals surface area contributed by atoms with E-state index in [0.29, 0.717) is 16.7 Å². The summed E-state index contributed by atoms with van der Waals surface area (Å²) in [5.74, 6) is 29.2. The lowest BCUT2D eigenvalue weighted by atomic mass is 9.92. The van der Waals surface area contributed by atoms with Gasteiger partial charge >= 0.3 is 35.8 Å². The summed E-state index contributed by atoms with van der Waals surface area (Å²) >= 11 is 0. The Balaban J connectivity index is 0.879. The minimum absolute atomic E-state index is 0.170. The van der Waals surface area contributed by atoms with Crippen LogP contribution in [0, 0.1) is 71.0 Å². The summed E-state index contributed by atoms with van der Waals surface area (Å²) in [7, 11) is 0. The molecule has 0 spiro atoms. The molecule has 10 aromatic carbocycles. The molecule has 0 atom stereocenters. The third kappa shape index (κ3) is 15.6. The number of rotatable bonds is 9. The maximum Gasteiger partial charge on any atom is 0.335 e. The number of carbonyl (C=O) groups is 6. The number of carboxylic acids is 6. The average molecular weight is 1170 g/mol. The van der Waals surface area contributed by atoms with Gasteiger partial charge in [0.2, 0.25) is 0 Å². The second-order valence-electron chi connectivity index (χ2n) is 20.0. The SMILES string of the molecule is O=C(O)c1cc(C#Cc2ccc(C#Cc3ccc(-c4cc(-c5ccc(C#Cc6ccc(C#Cc7cc(C(=O)O)cc(C(=O)O)c7)cc6)cc5)cc(-c5ccc(C#Cc6ccc(C#Cc7cc(C(=O)O)cc(C(=O)O)c7)cc6)cc5)c4)cc3)cc2)cc(C(=O)O)c1. The third-order valence-electron chi connectivity index (χ3n) is 13.6. The maximum atomic E-state index is 11.5. The van der Waals surface area contributed by atoms with Crippen molar-refractivity contribution in [2.75, 3.05) is 0 Å². The average Bonchev–Trinajstić information content (AvgIpc) is 3.29. The standard InChI is InChI=1S/C78H42O12/c79-73(80)67-37-58(38-68(46-67)74(81)82)22-19-52-7-1-49(2-8-52)13-16-55-25-31-61(32-26-55)64-43-65(62-33-27-56(28-34-62)17-14-50-3-9-53(10-4-50)20-23-59-39-69(75(83)84)47-70(40-59)76(85)86)45-66(44-64)63-35-29-57(30-36-63)18-15-51-5-11-54(12-6-51)21-24-60-41-71(77(87)88)48-72(42-60)78(89)90/h1-12,25-48H,(H,79,80)(H,81,82)(H,83,84)(H,85,86)(H,87,88)(H,89,90). The Morgan fingerprint density at radius 3 is 0.444 bits per heavy atom. The third-order valence-corrected chi connectivity index (χ3v) is 13.6. The molecule has 10 aromatic rings. The number of aromatic carboxylic acids is 6. The first-order chi connectivity index (χ1) is 43.4. The summed E-state index contributed by atoms with van der Waals surface area (Å²) in [6.07, 6.45) is 0. The molecule has 12 nitrogen and oxygen atoms in total. The first-order valence-corrected chi connectivity index (χ1v) is 27.2. The van der Waals surface area contributed by atoms with Gasteiger partial charge in [-0.05, 0) is 215 Å². The highest BCUT2D eigenvalue weighted by Crippen LogP contribution is 2.34. The maximum absolute atomic E-state index is 11.5. The first-order valence-electron chi connectivity index (χ1n) is 27.2. The van der Waals surface area contributed by atoms with Gasteiger partial charge in [-0.2, -0.15) is 0 Å². The van der Waals surface area contributed by atoms with Gasteiger partial charge in [-0.15, -0.1) is 0 Å². The Morgan fingerprint density at radius 2 is 0.300 bits per heavy atom. The molecule has 6 N–H and O–H groups in total. The minimum Gasteiger partial charge on any atom is -0.478 e. The van der Waals surface area contributed by atoms with Gasteiger partial charge in [0.15, 0.2) is 0 Å². The molecule has 0 bridgehead atoms. The monoisotopic (exact) mass is 1170 g/mol. The summed E-state index contributed by atoms with van der Waals surface area (Å²) in [5.41, 5.74) is 11.9. The smallest absolute Gasteiger partial charge is 0.335 e. The quantitative estimate of drug-likeness (QED) is 0.0743. The number of hydrogen-bond donors (Lipinski definition) is 6. The Hall–Kier alpha value is -13.6. The molecule has 0 aliphatic carbocycles. The van der Waals surface area contributed by atoms with Crippen molar-refractivity contribution in [2.45, 2.75) is 0 Å². The van der Waals surface area contributed by atoms with Crippen molar-refractivity contribution < 1.29 is 59.4 Å². The topological polar surface area (TPSA) is 224 Å². The minimum atomic E-state index is -1.25. The summed E-state index contributed by atoms with van der Waals surface area (Å²) in [5, 5.41) is 56.5. The zero-order valence-corrected chi connectivity index (χ0v) is 46.9. The molecule has 90 heavy (non-hydrogen) atoms. The van der Waals surface area contributed by atoms with Crippen molar-refractivity contribution in [3.63, 3.8) is 0 Å². The van der Waals surface area contributed by atoms with E-state index in [9.17, 15) is 59.4 Å². The highest BCUT2D eigenvalue weighted by molar-refractivity contribution is 5.96. The van der Waals surface area contributed by atoms with Gasteiger partial charge in [-0.25, -0.2) is 28.8 Å². The molecule has 0 aliphatic heterocycles. The van der Waals surface area contributed by atoms with Crippen LogP contribution < -0.4 is 0 Å². The summed E-state index contributed by atoms with van der Waals surface area (Å²) < 4.78 is 0. The Bertz CT molecular complexity index is 4370. The lowest BCUT2D eigenvalue weighted by molar-refractivity contribution is 0.0676. The van der Waals surface area contributed by atoms with Crippen molar-refractivity contribution in [1.82, 2.24) is 0 Å². The number of hydrogen-bond acceptors (Lipinski definition) is 6. The number of carboxylic acid groups (broad SMARTS) is 6. The van der Waals surface area contributed by atoms with E-state index in [2.05, 4.69) is 89.2 Å². The highest BCUT2D eigenvalue weighted by atomic mass is 16.4. The summed E-state index contributed by atoms with van der Waals surface area (Å²) in [4.78, 5) is 69.3. The van der Waals surface area contributed by atoms with Gasteiger partial charge in [0.1, 0.15) is 0 Å². The molecule has 0 amide bonds. The molecule has 0 saturated carbocycles. The van der Waals surface area contributed by atoms with E-state index in [-0.39, 0.29) is 50.1 Å². The van der Waals surface area contributed by atoms with Crippen LogP contribution in [0.25, 0.3) is 33.4 Å². The van der Waals surface area contributed by atoms with Gasteiger partial charge in [0.25, 0.3) is 0 Å². The van der Waals surface area contributed by atoms with Crippen molar-refractivity contribution in [3.8, 4) is 104 Å². The second-order valence-corrected chi connectivity index (χ2v) is 20.0. The zero-order chi connectivity index (χ0) is 63.3. The van der Waals surface area contributed by atoms with Crippen molar-refractivity contribution in [3.05, 3.63) is 319 Å². The van der Waals surface area contributed by atoms with E-state index in [4.69, 9.17) is 0 Å². The number of benzene rings is 10. The molecule has 426 valence electrons. The van der Waals surface area contributed by atoms with E-state index in [0.717, 1.165) is 85.0 Å². The van der Waals surface area contributed by atoms with E-state index < -0.39 is 35.8 Å². The molecule has 0 fully saturated rings. The molecule has 0 saturated heterocycles. The lowest BCUT2D eigenvalue weighted by Gasteiger charge is -2.12. The largest absolute Gasteiger partial charge is 0.478 e. The fourth-order valence-corrected chi connectivity index (χ4v) is 8.98. The molecule has 0 radical (unpaired) electrons. The molecule has 12 heteroatoms. The zero-order valence-electron chi connectivity index (χ0n) is 46.9. The Labute approximate surface area is 515 Å². The Morgan fingerprint density at radius 1 is 0.167 bits per heavy atom. The first kappa shape index (κ1) is 59.5. The summed E-state index contributed by atoms with van der Waals surface area (Å²) in [6.45, 7) is 0. The van der Waals surface area contributed by atoms with Crippen LogP contribution >= 0.6 is 0 Å². The molecule has 0 unspecified atom stereocenters. The van der Waals surface area contributed by atoms with E-state index in [1.807, 2.05) is 109 Å². The molecular weight excluding hydrogens is 1130 g/mol. The predicted molar refractivity (Wildman–Crippen MR) is 339 cm³/mol. The van der Waals surface area contributed by atoms with Crippen molar-refractivity contribution >= 4 is 35.8 Å². The van der Waals surface area contributed by atoms with Crippen molar-refractivity contribution in [2.24, 2.45) is 0 Å². The Kier molecular flexibility index (Phi) is 17.8. The van der Waals surface area contributed by atoms with Crippen LogP contribution in [0.15, 0.2) is 218 Å². The van der Waals surface area contributed by atoms with E-state index >= 15 is 0 Å². The second kappa shape index (κ2) is 27.0. The van der Waals surface area contributed by atoms with Crippen LogP contribution in [-0.2, 0) is 0 Å². The van der Waals surface area contributed by atoms with Gasteiger partial charge in [-0.1, -0.05) is 107 Å². The predicted octanol–water partition coefficient (Wildman–Crippen LogP) is 13.3. The van der Waals surface area contributed by atoms with Crippen LogP contribution in [0.4, 0.5) is 0 Å².